The molecule has 0 N–H and O–H groups in total. The van der Waals surface area contributed by atoms with Crippen molar-refractivity contribution in [3.63, 3.8) is 0 Å². The monoisotopic (exact) mass is 397 g/mol. The van der Waals surface area contributed by atoms with Crippen molar-refractivity contribution in [2.45, 2.75) is 55.6 Å². The molecule has 0 saturated heterocycles. The summed E-state index contributed by atoms with van der Waals surface area (Å²) in [5.41, 5.74) is 5.54. The molecular weight excluding hydrogens is 370 g/mol. The van der Waals surface area contributed by atoms with Crippen molar-refractivity contribution < 1.29 is 0 Å². The van der Waals surface area contributed by atoms with E-state index in [4.69, 9.17) is 4.98 Å². The maximum atomic E-state index is 4.70. The molecule has 4 rings (SSSR count). The summed E-state index contributed by atoms with van der Waals surface area (Å²) in [5, 5.41) is 0.897. The molecule has 1 aromatic carbocycles. The maximum absolute atomic E-state index is 4.70. The molecule has 2 aliphatic rings. The van der Waals surface area contributed by atoms with Gasteiger partial charge in [0.1, 0.15) is 0 Å². The molecule has 3 nitrogen and oxygen atoms in total. The molecule has 0 fully saturated rings. The van der Waals surface area contributed by atoms with Crippen LogP contribution in [-0.4, -0.2) is 34.2 Å². The fourth-order valence-corrected chi connectivity index (χ4v) is 5.31. The van der Waals surface area contributed by atoms with Gasteiger partial charge in [0.25, 0.3) is 0 Å². The van der Waals surface area contributed by atoms with E-state index in [-0.39, 0.29) is 0 Å². The molecule has 1 aliphatic carbocycles. The normalized spacial score (nSPS) is 17.9. The van der Waals surface area contributed by atoms with E-state index >= 15 is 0 Å². The standard InChI is InChI=1S/C22H27N3S2/c1-16-7-9-19(10-8-16)27-21-6-4-3-5-17(21)14-25-12-11-20-18(15-25)13-23-22(24-20)26-2/h7-10,13H,3-6,11-12,14-15H2,1-2H3. The second-order valence-electron chi connectivity index (χ2n) is 7.44. The van der Waals surface area contributed by atoms with Crippen LogP contribution in [0.1, 0.15) is 42.5 Å². The summed E-state index contributed by atoms with van der Waals surface area (Å²) >= 11 is 3.61. The summed E-state index contributed by atoms with van der Waals surface area (Å²) in [6.45, 7) is 5.33. The van der Waals surface area contributed by atoms with Crippen molar-refractivity contribution in [3.05, 3.63) is 57.8 Å². The number of hydrogen-bond acceptors (Lipinski definition) is 5. The quantitative estimate of drug-likeness (QED) is 0.492. The van der Waals surface area contributed by atoms with Gasteiger partial charge in [-0.15, -0.1) is 0 Å². The van der Waals surface area contributed by atoms with Crippen LogP contribution in [0.4, 0.5) is 0 Å². The second-order valence-corrected chi connectivity index (χ2v) is 9.38. The number of allylic oxidation sites excluding steroid dienone is 1. The summed E-state index contributed by atoms with van der Waals surface area (Å²) < 4.78 is 0. The molecule has 0 bridgehead atoms. The first kappa shape index (κ1) is 19.0. The Morgan fingerprint density at radius 1 is 1.07 bits per heavy atom. The minimum atomic E-state index is 0.897. The SMILES string of the molecule is CSc1ncc2c(n1)CCN(CC1=C(Sc3ccc(C)cc3)CCCC1)C2. The number of thioether (sulfide) groups is 2. The Hall–Kier alpha value is -1.30. The lowest BCUT2D eigenvalue weighted by Crippen LogP contribution is -2.33. The van der Waals surface area contributed by atoms with E-state index in [1.807, 2.05) is 24.2 Å². The Balaban J connectivity index is 1.47. The highest BCUT2D eigenvalue weighted by Gasteiger charge is 2.22. The van der Waals surface area contributed by atoms with E-state index in [9.17, 15) is 0 Å². The second kappa shape index (κ2) is 8.80. The highest BCUT2D eigenvalue weighted by Crippen LogP contribution is 2.38. The highest BCUT2D eigenvalue weighted by molar-refractivity contribution is 8.03. The number of rotatable bonds is 5. The number of fused-ring (bicyclic) bond motifs is 1. The van der Waals surface area contributed by atoms with Crippen LogP contribution in [0.5, 0.6) is 0 Å². The van der Waals surface area contributed by atoms with Gasteiger partial charge in [-0.2, -0.15) is 0 Å². The third-order valence-electron chi connectivity index (χ3n) is 5.38. The van der Waals surface area contributed by atoms with E-state index in [0.29, 0.717) is 0 Å². The summed E-state index contributed by atoms with van der Waals surface area (Å²) in [5.74, 6) is 0. The molecule has 5 heteroatoms. The Bertz CT molecular complexity index is 830. The minimum absolute atomic E-state index is 0.897. The lowest BCUT2D eigenvalue weighted by atomic mass is 9.98. The average Bonchev–Trinajstić information content (AvgIpc) is 2.71. The highest BCUT2D eigenvalue weighted by atomic mass is 32.2. The Morgan fingerprint density at radius 2 is 1.89 bits per heavy atom. The first-order chi connectivity index (χ1) is 13.2. The van der Waals surface area contributed by atoms with Gasteiger partial charge in [-0.05, 0) is 61.5 Å². The molecule has 142 valence electrons. The lowest BCUT2D eigenvalue weighted by molar-refractivity contribution is 0.267. The van der Waals surface area contributed by atoms with Gasteiger partial charge in [-0.25, -0.2) is 9.97 Å². The van der Waals surface area contributed by atoms with Crippen molar-refractivity contribution in [1.82, 2.24) is 14.9 Å². The largest absolute Gasteiger partial charge is 0.295 e. The van der Waals surface area contributed by atoms with Gasteiger partial charge in [-0.1, -0.05) is 41.2 Å². The molecule has 2 aromatic rings. The van der Waals surface area contributed by atoms with Gasteiger partial charge >= 0.3 is 0 Å². The molecule has 0 spiro atoms. The Morgan fingerprint density at radius 3 is 2.70 bits per heavy atom. The molecule has 0 amide bonds. The zero-order chi connectivity index (χ0) is 18.6. The number of aryl methyl sites for hydroxylation is 1. The van der Waals surface area contributed by atoms with Crippen LogP contribution in [0.25, 0.3) is 0 Å². The topological polar surface area (TPSA) is 29.0 Å². The van der Waals surface area contributed by atoms with Crippen LogP contribution in [0.3, 0.4) is 0 Å². The average molecular weight is 398 g/mol. The Kier molecular flexibility index (Phi) is 6.21. The van der Waals surface area contributed by atoms with Crippen LogP contribution < -0.4 is 0 Å². The number of benzene rings is 1. The first-order valence-corrected chi connectivity index (χ1v) is 11.8. The molecule has 0 radical (unpaired) electrons. The predicted octanol–water partition coefficient (Wildman–Crippen LogP) is 5.49. The molecule has 0 atom stereocenters. The zero-order valence-electron chi connectivity index (χ0n) is 16.2. The van der Waals surface area contributed by atoms with E-state index in [1.54, 1.807) is 22.2 Å². The lowest BCUT2D eigenvalue weighted by Gasteiger charge is -2.31. The fourth-order valence-electron chi connectivity index (χ4n) is 3.84. The molecule has 27 heavy (non-hydrogen) atoms. The Labute approximate surface area is 171 Å². The van der Waals surface area contributed by atoms with Crippen LogP contribution in [-0.2, 0) is 13.0 Å². The van der Waals surface area contributed by atoms with Gasteiger partial charge in [0.05, 0.1) is 5.69 Å². The minimum Gasteiger partial charge on any atom is -0.295 e. The smallest absolute Gasteiger partial charge is 0.187 e. The van der Waals surface area contributed by atoms with Crippen LogP contribution in [0.15, 0.2) is 51.0 Å². The predicted molar refractivity (Wildman–Crippen MR) is 115 cm³/mol. The number of aromatic nitrogens is 2. The van der Waals surface area contributed by atoms with Crippen LogP contribution >= 0.6 is 23.5 Å². The van der Waals surface area contributed by atoms with Gasteiger partial charge in [0.15, 0.2) is 5.16 Å². The third kappa shape index (κ3) is 4.76. The van der Waals surface area contributed by atoms with E-state index in [1.165, 1.54) is 47.4 Å². The van der Waals surface area contributed by atoms with Crippen LogP contribution in [0, 0.1) is 6.92 Å². The summed E-state index contributed by atoms with van der Waals surface area (Å²) in [7, 11) is 0. The molecular formula is C22H27N3S2. The summed E-state index contributed by atoms with van der Waals surface area (Å²) in [6.07, 6.45) is 10.3. The van der Waals surface area contributed by atoms with E-state index in [2.05, 4.69) is 41.1 Å². The van der Waals surface area contributed by atoms with Crippen molar-refractivity contribution in [1.29, 1.82) is 0 Å². The molecule has 2 heterocycles. The number of hydrogen-bond donors (Lipinski definition) is 0. The van der Waals surface area contributed by atoms with Crippen molar-refractivity contribution in [3.8, 4) is 0 Å². The fraction of sp³-hybridized carbons (Fsp3) is 0.455. The summed E-state index contributed by atoms with van der Waals surface area (Å²) in [6, 6.07) is 8.96. The van der Waals surface area contributed by atoms with E-state index < -0.39 is 0 Å². The van der Waals surface area contributed by atoms with E-state index in [0.717, 1.165) is 31.2 Å². The van der Waals surface area contributed by atoms with Crippen molar-refractivity contribution in [2.75, 3.05) is 19.3 Å². The van der Waals surface area contributed by atoms with Gasteiger partial charge in [0, 0.05) is 42.7 Å². The summed E-state index contributed by atoms with van der Waals surface area (Å²) in [4.78, 5) is 14.7. The first-order valence-electron chi connectivity index (χ1n) is 9.78. The van der Waals surface area contributed by atoms with Crippen molar-refractivity contribution >= 4 is 23.5 Å². The molecule has 0 unspecified atom stereocenters. The van der Waals surface area contributed by atoms with Gasteiger partial charge < -0.3 is 0 Å². The molecule has 1 aromatic heterocycles. The van der Waals surface area contributed by atoms with Crippen LogP contribution in [0.2, 0.25) is 0 Å². The van der Waals surface area contributed by atoms with Gasteiger partial charge in [-0.3, -0.25) is 4.90 Å². The molecule has 1 aliphatic heterocycles. The molecule has 0 saturated carbocycles. The number of nitrogens with zero attached hydrogens (tertiary/aromatic N) is 3. The maximum Gasteiger partial charge on any atom is 0.187 e. The third-order valence-corrected chi connectivity index (χ3v) is 7.19. The van der Waals surface area contributed by atoms with Crippen molar-refractivity contribution in [2.24, 2.45) is 0 Å². The zero-order valence-corrected chi connectivity index (χ0v) is 17.8. The van der Waals surface area contributed by atoms with Gasteiger partial charge in [0.2, 0.25) is 0 Å².